The summed E-state index contributed by atoms with van der Waals surface area (Å²) in [5.74, 6) is 0. The van der Waals surface area contributed by atoms with Gasteiger partial charge >= 0.3 is 18.3 Å². The zero-order chi connectivity index (χ0) is 7.07. The highest BCUT2D eigenvalue weighted by Gasteiger charge is 2.43. The molecule has 0 saturated carbocycles. The van der Waals surface area contributed by atoms with Crippen LogP contribution in [0, 0.1) is 0 Å². The Balaban J connectivity index is 2.70. The van der Waals surface area contributed by atoms with E-state index in [2.05, 4.69) is 9.47 Å². The molecule has 1 rings (SSSR count). The van der Waals surface area contributed by atoms with Crippen molar-refractivity contribution < 1.29 is 27.8 Å². The number of ether oxygens (including phenoxy) is 2. The fraction of sp³-hybridized carbons (Fsp3) is 0.333. The number of alkyl halides is 1. The molecule has 0 atom stereocenters. The van der Waals surface area contributed by atoms with Crippen LogP contribution in [-0.2, 0) is 9.47 Å². The van der Waals surface area contributed by atoms with E-state index in [1.165, 1.54) is 0 Å². The van der Waals surface area contributed by atoms with Gasteiger partial charge in [-0.2, -0.15) is 8.78 Å². The van der Waals surface area contributed by atoms with Gasteiger partial charge < -0.3 is 9.47 Å². The lowest BCUT2D eigenvalue weighted by molar-refractivity contribution is -0.390. The summed E-state index contributed by atoms with van der Waals surface area (Å²) in [6.45, 7) is 0. The van der Waals surface area contributed by atoms with E-state index in [0.717, 1.165) is 0 Å². The average molecular weight is 142 g/mol. The SMILES string of the molecule is OC1(F)OC(F)=C(F)O1. The number of aliphatic hydroxyl groups is 1. The third-order valence-electron chi connectivity index (χ3n) is 0.586. The van der Waals surface area contributed by atoms with Crippen molar-refractivity contribution in [2.45, 2.75) is 6.23 Å². The molecule has 6 heteroatoms. The van der Waals surface area contributed by atoms with E-state index in [1.54, 1.807) is 0 Å². The molecule has 0 aromatic rings. The number of halogens is 3. The predicted molar refractivity (Wildman–Crippen MR) is 17.5 cm³/mol. The van der Waals surface area contributed by atoms with Gasteiger partial charge in [0.05, 0.1) is 0 Å². The van der Waals surface area contributed by atoms with Gasteiger partial charge in [-0.05, 0) is 0 Å². The van der Waals surface area contributed by atoms with E-state index < -0.39 is 18.3 Å². The molecule has 0 spiro atoms. The Morgan fingerprint density at radius 3 is 1.67 bits per heavy atom. The number of rotatable bonds is 0. The van der Waals surface area contributed by atoms with Crippen molar-refractivity contribution in [1.82, 2.24) is 0 Å². The monoisotopic (exact) mass is 142 g/mol. The minimum absolute atomic E-state index is 1.90. The van der Waals surface area contributed by atoms with Crippen LogP contribution >= 0.6 is 0 Å². The molecule has 3 nitrogen and oxygen atoms in total. The molecule has 9 heavy (non-hydrogen) atoms. The smallest absolute Gasteiger partial charge is 0.371 e. The fourth-order valence-electron chi connectivity index (χ4n) is 0.322. The quantitative estimate of drug-likeness (QED) is 0.540. The Hall–Kier alpha value is -0.910. The topological polar surface area (TPSA) is 38.7 Å². The molecule has 1 aliphatic rings. The molecule has 1 N–H and O–H groups in total. The first-order chi connectivity index (χ1) is 4.01. The molecular formula is C3HF3O3. The van der Waals surface area contributed by atoms with Gasteiger partial charge in [0, 0.05) is 0 Å². The number of hydrogen-bond acceptors (Lipinski definition) is 3. The Kier molecular flexibility index (Phi) is 1.06. The van der Waals surface area contributed by atoms with Gasteiger partial charge in [0.15, 0.2) is 0 Å². The summed E-state index contributed by atoms with van der Waals surface area (Å²) in [4.78, 5) is 0. The maximum atomic E-state index is 11.7. The maximum Gasteiger partial charge on any atom is 0.548 e. The van der Waals surface area contributed by atoms with E-state index in [4.69, 9.17) is 5.11 Å². The van der Waals surface area contributed by atoms with Crippen LogP contribution < -0.4 is 0 Å². The molecule has 0 radical (unpaired) electrons. The van der Waals surface area contributed by atoms with Crippen LogP contribution in [0.25, 0.3) is 0 Å². The van der Waals surface area contributed by atoms with Crippen LogP contribution in [-0.4, -0.2) is 11.3 Å². The molecular weight excluding hydrogens is 141 g/mol. The molecule has 52 valence electrons. The standard InChI is InChI=1S/C3HF3O3/c4-1-2(5)9-3(6,7)8-1/h7H. The minimum atomic E-state index is -3.69. The van der Waals surface area contributed by atoms with Crippen LogP contribution in [0.2, 0.25) is 0 Å². The van der Waals surface area contributed by atoms with Gasteiger partial charge in [0.1, 0.15) is 0 Å². The highest BCUT2D eigenvalue weighted by molar-refractivity contribution is 4.88. The highest BCUT2D eigenvalue weighted by Crippen LogP contribution is 2.30. The average Bonchev–Trinajstić information content (AvgIpc) is 1.79. The van der Waals surface area contributed by atoms with E-state index >= 15 is 0 Å². The Morgan fingerprint density at radius 2 is 1.56 bits per heavy atom. The van der Waals surface area contributed by atoms with Crippen LogP contribution in [0.4, 0.5) is 13.2 Å². The largest absolute Gasteiger partial charge is 0.548 e. The van der Waals surface area contributed by atoms with Crippen molar-refractivity contribution in [2.75, 3.05) is 0 Å². The van der Waals surface area contributed by atoms with Crippen LogP contribution in [0.1, 0.15) is 0 Å². The van der Waals surface area contributed by atoms with Gasteiger partial charge in [0.25, 0.3) is 0 Å². The summed E-state index contributed by atoms with van der Waals surface area (Å²) >= 11 is 0. The lowest BCUT2D eigenvalue weighted by atomic mass is 11.0. The zero-order valence-corrected chi connectivity index (χ0v) is 3.90. The van der Waals surface area contributed by atoms with Crippen LogP contribution in [0.5, 0.6) is 0 Å². The summed E-state index contributed by atoms with van der Waals surface area (Å²) in [7, 11) is 0. The zero-order valence-electron chi connectivity index (χ0n) is 3.90. The van der Waals surface area contributed by atoms with Crippen molar-refractivity contribution in [2.24, 2.45) is 0 Å². The first-order valence-corrected chi connectivity index (χ1v) is 1.86. The summed E-state index contributed by atoms with van der Waals surface area (Å²) < 4.78 is 41.2. The van der Waals surface area contributed by atoms with Crippen LogP contribution in [0.3, 0.4) is 0 Å². The molecule has 0 aromatic heterocycles. The van der Waals surface area contributed by atoms with Gasteiger partial charge in [-0.3, -0.25) is 5.11 Å². The molecule has 0 fully saturated rings. The second-order valence-electron chi connectivity index (χ2n) is 1.26. The van der Waals surface area contributed by atoms with E-state index in [1.807, 2.05) is 0 Å². The minimum Gasteiger partial charge on any atom is -0.371 e. The van der Waals surface area contributed by atoms with Gasteiger partial charge in [-0.15, -0.1) is 4.39 Å². The normalized spacial score (nSPS) is 23.6. The Morgan fingerprint density at radius 1 is 1.22 bits per heavy atom. The molecule has 1 aliphatic heterocycles. The maximum absolute atomic E-state index is 11.7. The molecule has 0 bridgehead atoms. The van der Waals surface area contributed by atoms with Crippen molar-refractivity contribution in [1.29, 1.82) is 0 Å². The molecule has 0 saturated heterocycles. The predicted octanol–water partition coefficient (Wildman–Crippen LogP) is 0.672. The molecule has 0 unspecified atom stereocenters. The van der Waals surface area contributed by atoms with Crippen molar-refractivity contribution in [3.05, 3.63) is 12.0 Å². The Bertz CT molecular complexity index is 148. The van der Waals surface area contributed by atoms with Gasteiger partial charge in [0.2, 0.25) is 0 Å². The summed E-state index contributed by atoms with van der Waals surface area (Å²) in [5.41, 5.74) is 0. The first-order valence-electron chi connectivity index (χ1n) is 1.86. The van der Waals surface area contributed by atoms with E-state index in [9.17, 15) is 13.2 Å². The van der Waals surface area contributed by atoms with E-state index in [0.29, 0.717) is 0 Å². The lowest BCUT2D eigenvalue weighted by Crippen LogP contribution is -2.22. The van der Waals surface area contributed by atoms with Crippen molar-refractivity contribution in [3.8, 4) is 0 Å². The summed E-state index contributed by atoms with van der Waals surface area (Å²) in [6.07, 6.45) is -3.69. The molecule has 0 aromatic carbocycles. The van der Waals surface area contributed by atoms with Gasteiger partial charge in [-0.25, -0.2) is 0 Å². The summed E-state index contributed by atoms with van der Waals surface area (Å²) in [5, 5.41) is 7.90. The fourth-order valence-corrected chi connectivity index (χ4v) is 0.322. The molecule has 0 amide bonds. The molecule has 1 heterocycles. The second kappa shape index (κ2) is 1.53. The van der Waals surface area contributed by atoms with Crippen molar-refractivity contribution in [3.63, 3.8) is 0 Å². The Labute approximate surface area is 47.3 Å². The highest BCUT2D eigenvalue weighted by atomic mass is 19.2. The molecule has 0 aliphatic carbocycles. The second-order valence-corrected chi connectivity index (χ2v) is 1.26. The summed E-state index contributed by atoms with van der Waals surface area (Å²) in [6, 6.07) is -3.81. The number of hydrogen-bond donors (Lipinski definition) is 1. The van der Waals surface area contributed by atoms with Crippen LogP contribution in [0.15, 0.2) is 12.0 Å². The third-order valence-corrected chi connectivity index (χ3v) is 0.586. The van der Waals surface area contributed by atoms with Gasteiger partial charge in [-0.1, -0.05) is 0 Å². The first kappa shape index (κ1) is 6.21. The van der Waals surface area contributed by atoms with E-state index in [-0.39, 0.29) is 0 Å². The third kappa shape index (κ3) is 1.07. The van der Waals surface area contributed by atoms with Crippen molar-refractivity contribution >= 4 is 0 Å². The lowest BCUT2D eigenvalue weighted by Gasteiger charge is -2.06.